The van der Waals surface area contributed by atoms with Crippen molar-refractivity contribution >= 4 is 21.8 Å². The predicted molar refractivity (Wildman–Crippen MR) is 55.0 cm³/mol. The van der Waals surface area contributed by atoms with E-state index in [9.17, 15) is 8.42 Å². The lowest BCUT2D eigenvalue weighted by atomic mass is 10.2. The summed E-state index contributed by atoms with van der Waals surface area (Å²) in [6, 6.07) is 7.07. The highest BCUT2D eigenvalue weighted by Crippen LogP contribution is 2.16. The van der Waals surface area contributed by atoms with Crippen molar-refractivity contribution in [3.8, 4) is 0 Å². The van der Waals surface area contributed by atoms with Gasteiger partial charge in [0.1, 0.15) is 0 Å². The van der Waals surface area contributed by atoms with Gasteiger partial charge in [-0.15, -0.1) is 0 Å². The number of hydrogen-bond acceptors (Lipinski definition) is 2. The molecule has 0 aliphatic heterocycles. The van der Waals surface area contributed by atoms with Gasteiger partial charge in [0.05, 0.1) is 11.9 Å². The fraction of sp³-hybridized carbons (Fsp3) is 0.111. The highest BCUT2D eigenvalue weighted by atomic mass is 32.2. The molecule has 0 spiro atoms. The van der Waals surface area contributed by atoms with Crippen molar-refractivity contribution < 1.29 is 8.42 Å². The van der Waals surface area contributed by atoms with Gasteiger partial charge >= 0.3 is 0 Å². The number of benzene rings is 1. The molecule has 4 heteroatoms. The average Bonchev–Trinajstić information content (AvgIpc) is 2.02. The Morgan fingerprint density at radius 3 is 2.54 bits per heavy atom. The zero-order valence-corrected chi connectivity index (χ0v) is 8.14. The molecule has 0 unspecified atom stereocenters. The smallest absolute Gasteiger partial charge is 0.229 e. The normalized spacial score (nSPS) is 10.8. The first kappa shape index (κ1) is 9.80. The van der Waals surface area contributed by atoms with Crippen molar-refractivity contribution in [3.05, 3.63) is 36.4 Å². The van der Waals surface area contributed by atoms with E-state index in [0.717, 1.165) is 11.8 Å². The van der Waals surface area contributed by atoms with E-state index in [1.807, 2.05) is 6.07 Å². The van der Waals surface area contributed by atoms with Crippen LogP contribution in [-0.2, 0) is 10.0 Å². The summed E-state index contributed by atoms with van der Waals surface area (Å²) in [6.45, 7) is 3.59. The Labute approximate surface area is 78.1 Å². The number of sulfonamides is 1. The fourth-order valence-corrected chi connectivity index (χ4v) is 1.55. The van der Waals surface area contributed by atoms with Crippen LogP contribution in [0.4, 0.5) is 5.69 Å². The Morgan fingerprint density at radius 1 is 1.38 bits per heavy atom. The van der Waals surface area contributed by atoms with Crippen molar-refractivity contribution in [2.45, 2.75) is 0 Å². The Bertz CT molecular complexity index is 409. The molecule has 0 aromatic heterocycles. The number of anilines is 1. The minimum atomic E-state index is -3.21. The molecular formula is C9H11NO2S. The van der Waals surface area contributed by atoms with Gasteiger partial charge < -0.3 is 0 Å². The average molecular weight is 197 g/mol. The maximum Gasteiger partial charge on any atom is 0.229 e. The molecule has 0 saturated heterocycles. The van der Waals surface area contributed by atoms with E-state index in [4.69, 9.17) is 0 Å². The minimum Gasteiger partial charge on any atom is -0.283 e. The van der Waals surface area contributed by atoms with Crippen molar-refractivity contribution in [1.82, 2.24) is 0 Å². The zero-order chi connectivity index (χ0) is 9.90. The third-order valence-corrected chi connectivity index (χ3v) is 2.07. The molecule has 0 aliphatic rings. The number of nitrogens with one attached hydrogen (secondary N) is 1. The fourth-order valence-electron chi connectivity index (χ4n) is 0.968. The quantitative estimate of drug-likeness (QED) is 0.801. The molecule has 1 N–H and O–H groups in total. The first-order valence-electron chi connectivity index (χ1n) is 3.72. The van der Waals surface area contributed by atoms with E-state index in [1.165, 1.54) is 0 Å². The highest BCUT2D eigenvalue weighted by molar-refractivity contribution is 7.92. The summed E-state index contributed by atoms with van der Waals surface area (Å²) in [6.07, 6.45) is 2.72. The Hall–Kier alpha value is -1.29. The largest absolute Gasteiger partial charge is 0.283 e. The summed E-state index contributed by atoms with van der Waals surface area (Å²) in [5, 5.41) is 0. The van der Waals surface area contributed by atoms with Crippen molar-refractivity contribution in [2.75, 3.05) is 11.0 Å². The van der Waals surface area contributed by atoms with Crippen LogP contribution < -0.4 is 4.72 Å². The first-order chi connectivity index (χ1) is 6.03. The Balaban J connectivity index is 3.08. The predicted octanol–water partition coefficient (Wildman–Crippen LogP) is 1.70. The lowest BCUT2D eigenvalue weighted by Gasteiger charge is -2.06. The summed E-state index contributed by atoms with van der Waals surface area (Å²) in [5.74, 6) is 0. The summed E-state index contributed by atoms with van der Waals surface area (Å²) in [7, 11) is -3.21. The van der Waals surface area contributed by atoms with Crippen LogP contribution in [0.15, 0.2) is 30.8 Å². The van der Waals surface area contributed by atoms with Gasteiger partial charge in [-0.1, -0.05) is 30.9 Å². The summed E-state index contributed by atoms with van der Waals surface area (Å²) < 4.78 is 24.2. The molecule has 0 radical (unpaired) electrons. The first-order valence-corrected chi connectivity index (χ1v) is 5.61. The SMILES string of the molecule is C=Cc1ccccc1NS(C)(=O)=O. The number of hydrogen-bond donors (Lipinski definition) is 1. The van der Waals surface area contributed by atoms with Crippen LogP contribution in [0.3, 0.4) is 0 Å². The third kappa shape index (κ3) is 2.91. The summed E-state index contributed by atoms with van der Waals surface area (Å²) >= 11 is 0. The molecule has 0 saturated carbocycles. The van der Waals surface area contributed by atoms with Crippen molar-refractivity contribution in [2.24, 2.45) is 0 Å². The van der Waals surface area contributed by atoms with Gasteiger partial charge in [0.2, 0.25) is 10.0 Å². The van der Waals surface area contributed by atoms with Gasteiger partial charge in [-0.25, -0.2) is 8.42 Å². The molecule has 1 aromatic carbocycles. The van der Waals surface area contributed by atoms with Crippen LogP contribution in [0.25, 0.3) is 6.08 Å². The zero-order valence-electron chi connectivity index (χ0n) is 7.32. The molecular weight excluding hydrogens is 186 g/mol. The van der Waals surface area contributed by atoms with Crippen molar-refractivity contribution in [1.29, 1.82) is 0 Å². The molecule has 0 atom stereocenters. The minimum absolute atomic E-state index is 0.556. The molecule has 0 amide bonds. The highest BCUT2D eigenvalue weighted by Gasteiger charge is 2.03. The number of rotatable bonds is 3. The second-order valence-corrected chi connectivity index (χ2v) is 4.41. The second-order valence-electron chi connectivity index (χ2n) is 2.67. The maximum absolute atomic E-state index is 10.9. The van der Waals surface area contributed by atoms with Gasteiger partial charge in [-0.2, -0.15) is 0 Å². The van der Waals surface area contributed by atoms with Crippen molar-refractivity contribution in [3.63, 3.8) is 0 Å². The molecule has 0 fully saturated rings. The summed E-state index contributed by atoms with van der Waals surface area (Å²) in [4.78, 5) is 0. The molecule has 0 heterocycles. The van der Waals surface area contributed by atoms with E-state index >= 15 is 0 Å². The van der Waals surface area contributed by atoms with Gasteiger partial charge in [-0.3, -0.25) is 4.72 Å². The standard InChI is InChI=1S/C9H11NO2S/c1-3-8-6-4-5-7-9(8)10-13(2,11)12/h3-7,10H,1H2,2H3. The molecule has 0 aliphatic carbocycles. The molecule has 13 heavy (non-hydrogen) atoms. The van der Waals surface area contributed by atoms with E-state index in [2.05, 4.69) is 11.3 Å². The monoisotopic (exact) mass is 197 g/mol. The van der Waals surface area contributed by atoms with E-state index in [0.29, 0.717) is 5.69 Å². The third-order valence-electron chi connectivity index (χ3n) is 1.48. The van der Waals surface area contributed by atoms with Gasteiger partial charge in [-0.05, 0) is 11.6 Å². The number of para-hydroxylation sites is 1. The molecule has 3 nitrogen and oxygen atoms in total. The van der Waals surface area contributed by atoms with E-state index in [1.54, 1.807) is 24.3 Å². The topological polar surface area (TPSA) is 46.2 Å². The van der Waals surface area contributed by atoms with Gasteiger partial charge in [0.25, 0.3) is 0 Å². The molecule has 70 valence electrons. The lowest BCUT2D eigenvalue weighted by Crippen LogP contribution is -2.10. The Kier molecular flexibility index (Phi) is 2.72. The molecule has 0 bridgehead atoms. The van der Waals surface area contributed by atoms with Gasteiger partial charge in [0, 0.05) is 0 Å². The molecule has 1 aromatic rings. The van der Waals surface area contributed by atoms with E-state index in [-0.39, 0.29) is 0 Å². The van der Waals surface area contributed by atoms with E-state index < -0.39 is 10.0 Å². The van der Waals surface area contributed by atoms with Crippen LogP contribution in [0, 0.1) is 0 Å². The molecule has 1 rings (SSSR count). The van der Waals surface area contributed by atoms with Crippen LogP contribution in [-0.4, -0.2) is 14.7 Å². The Morgan fingerprint density at radius 2 is 2.00 bits per heavy atom. The van der Waals surface area contributed by atoms with Crippen LogP contribution in [0.2, 0.25) is 0 Å². The van der Waals surface area contributed by atoms with Crippen LogP contribution >= 0.6 is 0 Å². The van der Waals surface area contributed by atoms with Crippen LogP contribution in [0.5, 0.6) is 0 Å². The van der Waals surface area contributed by atoms with Gasteiger partial charge in [0.15, 0.2) is 0 Å². The second kappa shape index (κ2) is 3.62. The summed E-state index contributed by atoms with van der Waals surface area (Å²) in [5.41, 5.74) is 1.33. The maximum atomic E-state index is 10.9. The lowest BCUT2D eigenvalue weighted by molar-refractivity contribution is 0.607. The van der Waals surface area contributed by atoms with Crippen LogP contribution in [0.1, 0.15) is 5.56 Å².